The van der Waals surface area contributed by atoms with Crippen molar-refractivity contribution in [2.75, 3.05) is 6.61 Å². The molecule has 0 amide bonds. The van der Waals surface area contributed by atoms with Gasteiger partial charge in [-0.1, -0.05) is 12.1 Å². The van der Waals surface area contributed by atoms with E-state index in [0.717, 1.165) is 5.56 Å². The predicted molar refractivity (Wildman–Crippen MR) is 88.7 cm³/mol. The molecule has 124 valence electrons. The fourth-order valence-electron chi connectivity index (χ4n) is 2.34. The van der Waals surface area contributed by atoms with E-state index >= 15 is 0 Å². The van der Waals surface area contributed by atoms with E-state index in [1.54, 1.807) is 18.3 Å². The molecule has 0 aliphatic heterocycles. The standard InChI is InChI=1S/C18H18FN3O2/c1-12(2)24-17-13(5-4-9-20-17)8-10-23-18-14-6-3-7-15(19)16(14)21-11-22-18/h3-7,9,11-12H,8,10H2,1-2H3. The molecule has 2 aromatic heterocycles. The van der Waals surface area contributed by atoms with Crippen molar-refractivity contribution in [1.29, 1.82) is 0 Å². The van der Waals surface area contributed by atoms with Gasteiger partial charge in [-0.25, -0.2) is 19.3 Å². The first-order chi connectivity index (χ1) is 11.6. The summed E-state index contributed by atoms with van der Waals surface area (Å²) < 4.78 is 25.2. The maximum atomic E-state index is 13.8. The molecule has 3 rings (SSSR count). The third-order valence-corrected chi connectivity index (χ3v) is 3.39. The third-order valence-electron chi connectivity index (χ3n) is 3.39. The van der Waals surface area contributed by atoms with E-state index in [1.165, 1.54) is 12.4 Å². The molecule has 2 heterocycles. The van der Waals surface area contributed by atoms with Gasteiger partial charge in [0.1, 0.15) is 17.7 Å². The van der Waals surface area contributed by atoms with Crippen LogP contribution in [0.4, 0.5) is 4.39 Å². The number of hydrogen-bond acceptors (Lipinski definition) is 5. The molecular weight excluding hydrogens is 309 g/mol. The number of nitrogens with zero attached hydrogens (tertiary/aromatic N) is 3. The van der Waals surface area contributed by atoms with Gasteiger partial charge in [0.2, 0.25) is 11.8 Å². The average molecular weight is 327 g/mol. The number of rotatable bonds is 6. The summed E-state index contributed by atoms with van der Waals surface area (Å²) in [6.07, 6.45) is 3.66. The lowest BCUT2D eigenvalue weighted by molar-refractivity contribution is 0.227. The van der Waals surface area contributed by atoms with Gasteiger partial charge >= 0.3 is 0 Å². The van der Waals surface area contributed by atoms with Crippen LogP contribution in [0.3, 0.4) is 0 Å². The number of benzene rings is 1. The molecule has 0 bridgehead atoms. The van der Waals surface area contributed by atoms with Crippen LogP contribution in [0.15, 0.2) is 42.9 Å². The quantitative estimate of drug-likeness (QED) is 0.693. The van der Waals surface area contributed by atoms with E-state index in [9.17, 15) is 4.39 Å². The van der Waals surface area contributed by atoms with Crippen molar-refractivity contribution in [3.63, 3.8) is 0 Å². The molecule has 0 unspecified atom stereocenters. The average Bonchev–Trinajstić information content (AvgIpc) is 2.57. The first-order valence-corrected chi connectivity index (χ1v) is 7.77. The highest BCUT2D eigenvalue weighted by atomic mass is 19.1. The van der Waals surface area contributed by atoms with Crippen LogP contribution in [0, 0.1) is 5.82 Å². The Bertz CT molecular complexity index is 839. The van der Waals surface area contributed by atoms with E-state index in [-0.39, 0.29) is 17.4 Å². The number of ether oxygens (including phenoxy) is 2. The fourth-order valence-corrected chi connectivity index (χ4v) is 2.34. The Kier molecular flexibility index (Phi) is 4.84. The molecule has 0 spiro atoms. The zero-order valence-corrected chi connectivity index (χ0v) is 13.6. The molecule has 1 aromatic carbocycles. The Morgan fingerprint density at radius 1 is 1.04 bits per heavy atom. The van der Waals surface area contributed by atoms with Crippen LogP contribution in [0.25, 0.3) is 10.9 Å². The molecule has 0 saturated heterocycles. The molecule has 0 radical (unpaired) electrons. The second-order valence-electron chi connectivity index (χ2n) is 5.55. The number of fused-ring (bicyclic) bond motifs is 1. The van der Waals surface area contributed by atoms with Crippen LogP contribution in [0.1, 0.15) is 19.4 Å². The molecule has 0 N–H and O–H groups in total. The highest BCUT2D eigenvalue weighted by Gasteiger charge is 2.10. The van der Waals surface area contributed by atoms with Gasteiger partial charge in [-0.05, 0) is 32.0 Å². The van der Waals surface area contributed by atoms with Gasteiger partial charge in [0.15, 0.2) is 0 Å². The lowest BCUT2D eigenvalue weighted by Crippen LogP contribution is -2.11. The van der Waals surface area contributed by atoms with Crippen LogP contribution in [0.5, 0.6) is 11.8 Å². The highest BCUT2D eigenvalue weighted by Crippen LogP contribution is 2.23. The predicted octanol–water partition coefficient (Wildman–Crippen LogP) is 3.57. The Morgan fingerprint density at radius 3 is 2.75 bits per heavy atom. The maximum absolute atomic E-state index is 13.8. The van der Waals surface area contributed by atoms with Gasteiger partial charge in [0, 0.05) is 18.2 Å². The number of pyridine rings is 1. The van der Waals surface area contributed by atoms with Gasteiger partial charge in [0.25, 0.3) is 0 Å². The molecule has 0 saturated carbocycles. The van der Waals surface area contributed by atoms with Crippen molar-refractivity contribution >= 4 is 10.9 Å². The highest BCUT2D eigenvalue weighted by molar-refractivity contribution is 5.83. The Labute approximate surface area is 139 Å². The molecule has 0 aliphatic carbocycles. The summed E-state index contributed by atoms with van der Waals surface area (Å²) >= 11 is 0. The van der Waals surface area contributed by atoms with E-state index in [2.05, 4.69) is 15.0 Å². The van der Waals surface area contributed by atoms with Crippen molar-refractivity contribution in [3.05, 3.63) is 54.2 Å². The smallest absolute Gasteiger partial charge is 0.224 e. The molecule has 3 aromatic rings. The normalized spacial score (nSPS) is 11.0. The minimum Gasteiger partial charge on any atom is -0.477 e. The van der Waals surface area contributed by atoms with Crippen molar-refractivity contribution in [2.45, 2.75) is 26.4 Å². The summed E-state index contributed by atoms with van der Waals surface area (Å²) in [7, 11) is 0. The first kappa shape index (κ1) is 16.1. The molecule has 0 aliphatic rings. The molecule has 0 fully saturated rings. The van der Waals surface area contributed by atoms with Gasteiger partial charge in [-0.15, -0.1) is 0 Å². The van der Waals surface area contributed by atoms with Crippen LogP contribution in [0.2, 0.25) is 0 Å². The van der Waals surface area contributed by atoms with E-state index in [1.807, 2.05) is 26.0 Å². The maximum Gasteiger partial charge on any atom is 0.224 e. The van der Waals surface area contributed by atoms with Gasteiger partial charge in [-0.2, -0.15) is 0 Å². The van der Waals surface area contributed by atoms with E-state index in [4.69, 9.17) is 9.47 Å². The van der Waals surface area contributed by atoms with Gasteiger partial charge in [-0.3, -0.25) is 0 Å². The molecular formula is C18H18FN3O2. The third kappa shape index (κ3) is 3.59. The Morgan fingerprint density at radius 2 is 1.92 bits per heavy atom. The summed E-state index contributed by atoms with van der Waals surface area (Å²) in [6.45, 7) is 4.29. The Hall–Kier alpha value is -2.76. The van der Waals surface area contributed by atoms with Crippen LogP contribution in [-0.2, 0) is 6.42 Å². The fraction of sp³-hybridized carbons (Fsp3) is 0.278. The lowest BCUT2D eigenvalue weighted by atomic mass is 10.2. The molecule has 0 atom stereocenters. The van der Waals surface area contributed by atoms with Gasteiger partial charge < -0.3 is 9.47 Å². The second kappa shape index (κ2) is 7.21. The summed E-state index contributed by atoms with van der Waals surface area (Å²) in [4.78, 5) is 12.3. The summed E-state index contributed by atoms with van der Waals surface area (Å²) in [5.74, 6) is 0.587. The Balaban J connectivity index is 1.73. The van der Waals surface area contributed by atoms with Crippen molar-refractivity contribution in [1.82, 2.24) is 15.0 Å². The largest absolute Gasteiger partial charge is 0.477 e. The zero-order chi connectivity index (χ0) is 16.9. The lowest BCUT2D eigenvalue weighted by Gasteiger charge is -2.13. The SMILES string of the molecule is CC(C)Oc1ncccc1CCOc1ncnc2c(F)cccc12. The molecule has 5 nitrogen and oxygen atoms in total. The van der Waals surface area contributed by atoms with E-state index in [0.29, 0.717) is 30.2 Å². The van der Waals surface area contributed by atoms with Gasteiger partial charge in [0.05, 0.1) is 18.1 Å². The van der Waals surface area contributed by atoms with Crippen molar-refractivity contribution < 1.29 is 13.9 Å². The van der Waals surface area contributed by atoms with Crippen LogP contribution < -0.4 is 9.47 Å². The van der Waals surface area contributed by atoms with Crippen molar-refractivity contribution in [2.24, 2.45) is 0 Å². The van der Waals surface area contributed by atoms with E-state index < -0.39 is 0 Å². The number of para-hydroxylation sites is 1. The van der Waals surface area contributed by atoms with Crippen molar-refractivity contribution in [3.8, 4) is 11.8 Å². The summed E-state index contributed by atoms with van der Waals surface area (Å²) in [5.41, 5.74) is 1.21. The minimum absolute atomic E-state index is 0.0494. The topological polar surface area (TPSA) is 57.1 Å². The van der Waals surface area contributed by atoms with Crippen LogP contribution >= 0.6 is 0 Å². The monoisotopic (exact) mass is 327 g/mol. The zero-order valence-electron chi connectivity index (χ0n) is 13.6. The molecule has 24 heavy (non-hydrogen) atoms. The minimum atomic E-state index is -0.389. The second-order valence-corrected chi connectivity index (χ2v) is 5.55. The number of halogens is 1. The summed E-state index contributed by atoms with van der Waals surface area (Å²) in [6, 6.07) is 8.53. The number of hydrogen-bond donors (Lipinski definition) is 0. The first-order valence-electron chi connectivity index (χ1n) is 7.77. The van der Waals surface area contributed by atoms with Crippen LogP contribution in [-0.4, -0.2) is 27.7 Å². The summed E-state index contributed by atoms with van der Waals surface area (Å²) in [5, 5.41) is 0.558. The number of aromatic nitrogens is 3. The molecule has 6 heteroatoms.